The number of thiazole rings is 1. The average Bonchev–Trinajstić information content (AvgIpc) is 2.66. The van der Waals surface area contributed by atoms with Crippen molar-refractivity contribution in [2.75, 3.05) is 13.6 Å². The van der Waals surface area contributed by atoms with E-state index < -0.39 is 0 Å². The van der Waals surface area contributed by atoms with Crippen LogP contribution < -0.4 is 5.32 Å². The predicted octanol–water partition coefficient (Wildman–Crippen LogP) is 1.69. The molecular formula is C9H15N3OS. The van der Waals surface area contributed by atoms with E-state index in [-0.39, 0.29) is 6.03 Å². The average molecular weight is 213 g/mol. The van der Waals surface area contributed by atoms with Crippen molar-refractivity contribution in [2.24, 2.45) is 0 Å². The Hall–Kier alpha value is -1.10. The zero-order valence-corrected chi connectivity index (χ0v) is 9.30. The quantitative estimate of drug-likeness (QED) is 0.827. The molecule has 1 rings (SSSR count). The van der Waals surface area contributed by atoms with Crippen LogP contribution in [0.25, 0.3) is 0 Å². The van der Waals surface area contributed by atoms with E-state index >= 15 is 0 Å². The Morgan fingerprint density at radius 1 is 1.71 bits per heavy atom. The number of urea groups is 1. The molecule has 0 saturated carbocycles. The summed E-state index contributed by atoms with van der Waals surface area (Å²) < 4.78 is 0. The number of nitrogens with zero attached hydrogens (tertiary/aromatic N) is 2. The summed E-state index contributed by atoms with van der Waals surface area (Å²) in [6.07, 6.45) is 2.70. The third-order valence-electron chi connectivity index (χ3n) is 1.73. The van der Waals surface area contributed by atoms with Gasteiger partial charge in [0, 0.05) is 25.2 Å². The van der Waals surface area contributed by atoms with Crippen LogP contribution in [0.3, 0.4) is 0 Å². The Bertz CT molecular complexity index is 274. The lowest BCUT2D eigenvalue weighted by atomic mass is 10.5. The van der Waals surface area contributed by atoms with Crippen LogP contribution in [0.15, 0.2) is 11.6 Å². The fourth-order valence-electron chi connectivity index (χ4n) is 0.973. The van der Waals surface area contributed by atoms with Crippen LogP contribution in [0.2, 0.25) is 0 Å². The Labute approximate surface area is 88.0 Å². The van der Waals surface area contributed by atoms with Crippen LogP contribution in [0.1, 0.15) is 18.4 Å². The minimum atomic E-state index is -0.0398. The van der Waals surface area contributed by atoms with E-state index in [2.05, 4.69) is 10.3 Å². The van der Waals surface area contributed by atoms with Crippen LogP contribution in [0, 0.1) is 0 Å². The van der Waals surface area contributed by atoms with Crippen LogP contribution in [-0.4, -0.2) is 29.5 Å². The summed E-state index contributed by atoms with van der Waals surface area (Å²) in [7, 11) is 1.77. The first kappa shape index (κ1) is 11.0. The molecule has 0 aliphatic heterocycles. The molecule has 0 fully saturated rings. The molecule has 78 valence electrons. The van der Waals surface area contributed by atoms with Crippen LogP contribution >= 0.6 is 11.3 Å². The molecule has 0 atom stereocenters. The molecule has 0 aromatic carbocycles. The molecule has 0 aliphatic carbocycles. The van der Waals surface area contributed by atoms with Crippen LogP contribution in [-0.2, 0) is 6.54 Å². The van der Waals surface area contributed by atoms with E-state index in [9.17, 15) is 4.79 Å². The van der Waals surface area contributed by atoms with Gasteiger partial charge in [0.15, 0.2) is 0 Å². The summed E-state index contributed by atoms with van der Waals surface area (Å²) in [6, 6.07) is -0.0398. The lowest BCUT2D eigenvalue weighted by molar-refractivity contribution is 0.207. The topological polar surface area (TPSA) is 45.2 Å². The summed E-state index contributed by atoms with van der Waals surface area (Å²) in [5.74, 6) is 0. The highest BCUT2D eigenvalue weighted by Crippen LogP contribution is 2.06. The van der Waals surface area contributed by atoms with Crippen molar-refractivity contribution >= 4 is 17.4 Å². The number of amides is 2. The summed E-state index contributed by atoms with van der Waals surface area (Å²) >= 11 is 1.56. The van der Waals surface area contributed by atoms with Crippen LogP contribution in [0.4, 0.5) is 4.79 Å². The maximum atomic E-state index is 11.4. The molecule has 0 bridgehead atoms. The maximum absolute atomic E-state index is 11.4. The zero-order chi connectivity index (χ0) is 10.4. The van der Waals surface area contributed by atoms with Gasteiger partial charge in [-0.2, -0.15) is 0 Å². The molecule has 4 nitrogen and oxygen atoms in total. The molecule has 5 heteroatoms. The molecule has 0 unspecified atom stereocenters. The fraction of sp³-hybridized carbons (Fsp3) is 0.556. The second-order valence-electron chi connectivity index (χ2n) is 3.01. The van der Waals surface area contributed by atoms with Crippen molar-refractivity contribution in [1.82, 2.24) is 15.2 Å². The van der Waals surface area contributed by atoms with Gasteiger partial charge in [-0.1, -0.05) is 6.92 Å². The second-order valence-corrected chi connectivity index (χ2v) is 3.99. The smallest absolute Gasteiger partial charge is 0.317 e. The van der Waals surface area contributed by atoms with Crippen molar-refractivity contribution in [3.8, 4) is 0 Å². The van der Waals surface area contributed by atoms with Gasteiger partial charge in [-0.05, 0) is 6.42 Å². The molecule has 1 aromatic rings. The van der Waals surface area contributed by atoms with Crippen molar-refractivity contribution in [1.29, 1.82) is 0 Å². The van der Waals surface area contributed by atoms with Crippen molar-refractivity contribution in [3.63, 3.8) is 0 Å². The van der Waals surface area contributed by atoms with Gasteiger partial charge in [-0.25, -0.2) is 9.78 Å². The third-order valence-corrected chi connectivity index (χ3v) is 2.49. The van der Waals surface area contributed by atoms with Gasteiger partial charge in [-0.15, -0.1) is 11.3 Å². The van der Waals surface area contributed by atoms with Crippen molar-refractivity contribution in [2.45, 2.75) is 19.9 Å². The molecule has 0 spiro atoms. The highest BCUT2D eigenvalue weighted by Gasteiger charge is 2.08. The summed E-state index contributed by atoms with van der Waals surface area (Å²) in [4.78, 5) is 17.2. The number of hydrogen-bond acceptors (Lipinski definition) is 3. The zero-order valence-electron chi connectivity index (χ0n) is 8.49. The molecule has 0 aliphatic rings. The standard InChI is InChI=1S/C9H15N3OS/c1-3-4-11-9(13)12(2)7-8-10-5-6-14-8/h5-6H,3-4,7H2,1-2H3,(H,11,13). The lowest BCUT2D eigenvalue weighted by Gasteiger charge is -2.15. The van der Waals surface area contributed by atoms with E-state index in [1.807, 2.05) is 12.3 Å². The Balaban J connectivity index is 2.34. The van der Waals surface area contributed by atoms with Crippen LogP contribution in [0.5, 0.6) is 0 Å². The van der Waals surface area contributed by atoms with E-state index in [1.165, 1.54) is 0 Å². The Kier molecular flexibility index (Phi) is 4.39. The van der Waals surface area contributed by atoms with Gasteiger partial charge in [0.2, 0.25) is 0 Å². The fourth-order valence-corrected chi connectivity index (χ4v) is 1.64. The van der Waals surface area contributed by atoms with E-state index in [0.717, 1.165) is 18.0 Å². The minimum absolute atomic E-state index is 0.0398. The molecule has 1 N–H and O–H groups in total. The molecule has 1 heterocycles. The van der Waals surface area contributed by atoms with Gasteiger partial charge < -0.3 is 10.2 Å². The molecule has 2 amide bonds. The minimum Gasteiger partial charge on any atom is -0.338 e. The largest absolute Gasteiger partial charge is 0.338 e. The number of hydrogen-bond donors (Lipinski definition) is 1. The van der Waals surface area contributed by atoms with Gasteiger partial charge >= 0.3 is 6.03 Å². The number of nitrogens with one attached hydrogen (secondary N) is 1. The summed E-state index contributed by atoms with van der Waals surface area (Å²) in [6.45, 7) is 3.33. The van der Waals surface area contributed by atoms with E-state index in [0.29, 0.717) is 6.54 Å². The molecule has 14 heavy (non-hydrogen) atoms. The molecule has 1 aromatic heterocycles. The lowest BCUT2D eigenvalue weighted by Crippen LogP contribution is -2.37. The third kappa shape index (κ3) is 3.33. The number of aromatic nitrogens is 1. The first-order valence-electron chi connectivity index (χ1n) is 4.61. The highest BCUT2D eigenvalue weighted by atomic mass is 32.1. The molecular weight excluding hydrogens is 198 g/mol. The number of carbonyl (C=O) groups is 1. The summed E-state index contributed by atoms with van der Waals surface area (Å²) in [5, 5.41) is 5.68. The second kappa shape index (κ2) is 5.59. The molecule has 0 radical (unpaired) electrons. The normalized spacial score (nSPS) is 9.86. The summed E-state index contributed by atoms with van der Waals surface area (Å²) in [5.41, 5.74) is 0. The van der Waals surface area contributed by atoms with Gasteiger partial charge in [0.05, 0.1) is 6.54 Å². The highest BCUT2D eigenvalue weighted by molar-refractivity contribution is 7.09. The Morgan fingerprint density at radius 2 is 2.50 bits per heavy atom. The van der Waals surface area contributed by atoms with E-state index in [1.54, 1.807) is 29.5 Å². The van der Waals surface area contributed by atoms with Gasteiger partial charge in [0.1, 0.15) is 5.01 Å². The maximum Gasteiger partial charge on any atom is 0.317 e. The van der Waals surface area contributed by atoms with Crippen molar-refractivity contribution in [3.05, 3.63) is 16.6 Å². The first-order valence-corrected chi connectivity index (χ1v) is 5.49. The predicted molar refractivity (Wildman–Crippen MR) is 57.3 cm³/mol. The SMILES string of the molecule is CCCNC(=O)N(C)Cc1nccs1. The number of rotatable bonds is 4. The van der Waals surface area contributed by atoms with Gasteiger partial charge in [0.25, 0.3) is 0 Å². The van der Waals surface area contributed by atoms with Crippen molar-refractivity contribution < 1.29 is 4.79 Å². The monoisotopic (exact) mass is 213 g/mol. The van der Waals surface area contributed by atoms with Gasteiger partial charge in [-0.3, -0.25) is 0 Å². The Morgan fingerprint density at radius 3 is 3.07 bits per heavy atom. The molecule has 0 saturated heterocycles. The number of carbonyl (C=O) groups excluding carboxylic acids is 1. The first-order chi connectivity index (χ1) is 6.74. The van der Waals surface area contributed by atoms with E-state index in [4.69, 9.17) is 0 Å².